The summed E-state index contributed by atoms with van der Waals surface area (Å²) in [5, 5.41) is 3.94. The molecule has 2 aromatic carbocycles. The average molecular weight is 462 g/mol. The van der Waals surface area contributed by atoms with Crippen LogP contribution >= 0.6 is 0 Å². The van der Waals surface area contributed by atoms with Crippen LogP contribution in [-0.4, -0.2) is 43.1 Å². The number of nitrogens with one attached hydrogen (secondary N) is 1. The van der Waals surface area contributed by atoms with Gasteiger partial charge in [-0.1, -0.05) is 12.1 Å². The maximum atomic E-state index is 12.6. The highest BCUT2D eigenvalue weighted by Crippen LogP contribution is 2.28. The lowest BCUT2D eigenvalue weighted by Gasteiger charge is -2.26. The molecule has 0 atom stereocenters. The summed E-state index contributed by atoms with van der Waals surface area (Å²) in [5.41, 5.74) is 4.78. The van der Waals surface area contributed by atoms with Crippen molar-refractivity contribution < 1.29 is 23.5 Å². The Morgan fingerprint density at radius 2 is 1.85 bits per heavy atom. The first-order valence-electron chi connectivity index (χ1n) is 11.2. The summed E-state index contributed by atoms with van der Waals surface area (Å²) in [6.07, 6.45) is 6.27. The van der Waals surface area contributed by atoms with Gasteiger partial charge in [0.1, 0.15) is 6.61 Å². The molecule has 1 saturated heterocycles. The van der Waals surface area contributed by atoms with Crippen molar-refractivity contribution in [3.8, 4) is 11.5 Å². The SMILES string of the molecule is COc1cc(C=NNC(=O)c2ccco2)ccc1OCc1ccc(C(=O)N2CCCCC2)cc1. The van der Waals surface area contributed by atoms with Gasteiger partial charge in [-0.3, -0.25) is 9.59 Å². The number of carbonyl (C=O) groups excluding carboxylic acids is 2. The zero-order valence-electron chi connectivity index (χ0n) is 19.0. The van der Waals surface area contributed by atoms with E-state index in [1.807, 2.05) is 29.2 Å². The van der Waals surface area contributed by atoms with Crippen LogP contribution in [0.1, 0.15) is 51.3 Å². The van der Waals surface area contributed by atoms with Gasteiger partial charge in [0.2, 0.25) is 0 Å². The topological polar surface area (TPSA) is 93.4 Å². The highest BCUT2D eigenvalue weighted by molar-refractivity contribution is 5.94. The number of likely N-dealkylation sites (tertiary alicyclic amines) is 1. The third kappa shape index (κ3) is 5.83. The Balaban J connectivity index is 1.33. The highest BCUT2D eigenvalue weighted by atomic mass is 16.5. The van der Waals surface area contributed by atoms with E-state index in [4.69, 9.17) is 13.9 Å². The molecule has 1 aliphatic rings. The van der Waals surface area contributed by atoms with Crippen molar-refractivity contribution in [1.29, 1.82) is 0 Å². The van der Waals surface area contributed by atoms with Crippen LogP contribution < -0.4 is 14.9 Å². The molecule has 2 amide bonds. The van der Waals surface area contributed by atoms with Gasteiger partial charge in [-0.15, -0.1) is 0 Å². The summed E-state index contributed by atoms with van der Waals surface area (Å²) in [5.74, 6) is 0.955. The van der Waals surface area contributed by atoms with E-state index >= 15 is 0 Å². The van der Waals surface area contributed by atoms with Crippen molar-refractivity contribution in [2.45, 2.75) is 25.9 Å². The van der Waals surface area contributed by atoms with Gasteiger partial charge in [-0.2, -0.15) is 5.10 Å². The monoisotopic (exact) mass is 461 g/mol. The lowest BCUT2D eigenvalue weighted by atomic mass is 10.1. The molecule has 176 valence electrons. The van der Waals surface area contributed by atoms with E-state index in [1.54, 1.807) is 37.4 Å². The number of nitrogens with zero attached hydrogens (tertiary/aromatic N) is 2. The molecule has 3 aromatic rings. The number of hydrogen-bond acceptors (Lipinski definition) is 6. The lowest BCUT2D eigenvalue weighted by Crippen LogP contribution is -2.35. The Bertz CT molecular complexity index is 1130. The minimum Gasteiger partial charge on any atom is -0.493 e. The summed E-state index contributed by atoms with van der Waals surface area (Å²) in [7, 11) is 1.56. The number of methoxy groups -OCH3 is 1. The quantitative estimate of drug-likeness (QED) is 0.400. The van der Waals surface area contributed by atoms with Gasteiger partial charge in [-0.05, 0) is 72.9 Å². The van der Waals surface area contributed by atoms with Crippen LogP contribution in [0.4, 0.5) is 0 Å². The van der Waals surface area contributed by atoms with Gasteiger partial charge >= 0.3 is 5.91 Å². The smallest absolute Gasteiger partial charge is 0.307 e. The number of benzene rings is 2. The summed E-state index contributed by atoms with van der Waals surface area (Å²) in [4.78, 5) is 26.4. The minimum absolute atomic E-state index is 0.0893. The third-order valence-corrected chi connectivity index (χ3v) is 5.55. The fourth-order valence-corrected chi connectivity index (χ4v) is 3.70. The molecule has 1 aromatic heterocycles. The van der Waals surface area contributed by atoms with Gasteiger partial charge < -0.3 is 18.8 Å². The number of ether oxygens (including phenoxy) is 2. The number of rotatable bonds is 8. The van der Waals surface area contributed by atoms with Crippen molar-refractivity contribution in [3.63, 3.8) is 0 Å². The molecular formula is C26H27N3O5. The lowest BCUT2D eigenvalue weighted by molar-refractivity contribution is 0.0724. The molecular weight excluding hydrogens is 434 g/mol. The summed E-state index contributed by atoms with van der Waals surface area (Å²) < 4.78 is 16.4. The van der Waals surface area contributed by atoms with E-state index < -0.39 is 5.91 Å². The van der Waals surface area contributed by atoms with E-state index in [9.17, 15) is 9.59 Å². The molecule has 0 aliphatic carbocycles. The molecule has 8 nitrogen and oxygen atoms in total. The van der Waals surface area contributed by atoms with Crippen molar-refractivity contribution in [1.82, 2.24) is 10.3 Å². The summed E-state index contributed by atoms with van der Waals surface area (Å²) in [6, 6.07) is 16.1. The van der Waals surface area contributed by atoms with Crippen LogP contribution in [0.5, 0.6) is 11.5 Å². The number of hydrazone groups is 1. The summed E-state index contributed by atoms with van der Waals surface area (Å²) in [6.45, 7) is 2.00. The summed E-state index contributed by atoms with van der Waals surface area (Å²) >= 11 is 0. The van der Waals surface area contributed by atoms with Crippen molar-refractivity contribution in [2.24, 2.45) is 5.10 Å². The Kier molecular flexibility index (Phi) is 7.60. The molecule has 0 bridgehead atoms. The molecule has 0 radical (unpaired) electrons. The molecule has 2 heterocycles. The Morgan fingerprint density at radius 1 is 1.06 bits per heavy atom. The second kappa shape index (κ2) is 11.2. The van der Waals surface area contributed by atoms with E-state index in [-0.39, 0.29) is 11.7 Å². The van der Waals surface area contributed by atoms with Crippen molar-refractivity contribution in [2.75, 3.05) is 20.2 Å². The van der Waals surface area contributed by atoms with Gasteiger partial charge in [0, 0.05) is 18.7 Å². The van der Waals surface area contributed by atoms with Crippen LogP contribution in [0, 0.1) is 0 Å². The first-order chi connectivity index (χ1) is 16.6. The maximum Gasteiger partial charge on any atom is 0.307 e. The largest absolute Gasteiger partial charge is 0.493 e. The molecule has 0 spiro atoms. The third-order valence-electron chi connectivity index (χ3n) is 5.55. The first kappa shape index (κ1) is 23.1. The number of amides is 2. The van der Waals surface area contributed by atoms with Crippen LogP contribution in [0.15, 0.2) is 70.4 Å². The van der Waals surface area contributed by atoms with Gasteiger partial charge in [0.15, 0.2) is 17.3 Å². The maximum absolute atomic E-state index is 12.6. The van der Waals surface area contributed by atoms with Crippen LogP contribution in [0.3, 0.4) is 0 Å². The van der Waals surface area contributed by atoms with Crippen LogP contribution in [0.2, 0.25) is 0 Å². The molecule has 0 unspecified atom stereocenters. The zero-order chi connectivity index (χ0) is 23.8. The second-order valence-electron chi connectivity index (χ2n) is 7.93. The molecule has 1 aliphatic heterocycles. The number of carbonyl (C=O) groups is 2. The van der Waals surface area contributed by atoms with Gasteiger partial charge in [0.25, 0.3) is 5.91 Å². The predicted octanol–water partition coefficient (Wildman–Crippen LogP) is 4.26. The van der Waals surface area contributed by atoms with Gasteiger partial charge in [-0.25, -0.2) is 5.43 Å². The highest BCUT2D eigenvalue weighted by Gasteiger charge is 2.18. The molecule has 1 fully saturated rings. The fourth-order valence-electron chi connectivity index (χ4n) is 3.70. The zero-order valence-corrected chi connectivity index (χ0v) is 19.0. The second-order valence-corrected chi connectivity index (χ2v) is 7.93. The molecule has 34 heavy (non-hydrogen) atoms. The Labute approximate surface area is 198 Å². The van der Waals surface area contributed by atoms with E-state index in [2.05, 4.69) is 10.5 Å². The molecule has 4 rings (SSSR count). The predicted molar refractivity (Wildman–Crippen MR) is 127 cm³/mol. The van der Waals surface area contributed by atoms with Crippen LogP contribution in [-0.2, 0) is 6.61 Å². The van der Waals surface area contributed by atoms with Gasteiger partial charge in [0.05, 0.1) is 19.6 Å². The Morgan fingerprint density at radius 3 is 2.56 bits per heavy atom. The first-order valence-corrected chi connectivity index (χ1v) is 11.2. The molecule has 0 saturated carbocycles. The van der Waals surface area contributed by atoms with E-state index in [0.29, 0.717) is 23.7 Å². The minimum atomic E-state index is -0.434. The Hall–Kier alpha value is -4.07. The van der Waals surface area contributed by atoms with E-state index in [0.717, 1.165) is 37.1 Å². The average Bonchev–Trinajstić information content (AvgIpc) is 3.43. The van der Waals surface area contributed by atoms with E-state index in [1.165, 1.54) is 18.9 Å². The molecule has 1 N–H and O–H groups in total. The number of hydrogen-bond donors (Lipinski definition) is 1. The van der Waals surface area contributed by atoms with Crippen LogP contribution in [0.25, 0.3) is 0 Å². The molecule has 8 heteroatoms. The van der Waals surface area contributed by atoms with Crippen molar-refractivity contribution >= 4 is 18.0 Å². The normalized spacial score (nSPS) is 13.6. The fraction of sp³-hybridized carbons (Fsp3) is 0.269. The number of furan rings is 1. The standard InChI is InChI=1S/C26H27N3O5/c1-32-24-16-20(17-27-28-25(30)23-6-5-15-33-23)9-12-22(24)34-18-19-7-10-21(11-8-19)26(31)29-13-3-2-4-14-29/h5-12,15-17H,2-4,13-14,18H2,1H3,(H,28,30). The number of piperidine rings is 1. The van der Waals surface area contributed by atoms with Crippen molar-refractivity contribution in [3.05, 3.63) is 83.3 Å².